The SMILES string of the molecule is CCc1ccc(-c2ccc(C(=O)N(C)CC(=O)O)o2)cc1. The van der Waals surface area contributed by atoms with Crippen LogP contribution in [0.2, 0.25) is 0 Å². The third-order valence-corrected chi connectivity index (χ3v) is 3.18. The maximum atomic E-state index is 12.0. The van der Waals surface area contributed by atoms with Crippen molar-refractivity contribution in [3.8, 4) is 11.3 Å². The number of carboxylic acids is 1. The molecule has 21 heavy (non-hydrogen) atoms. The van der Waals surface area contributed by atoms with E-state index in [0.29, 0.717) is 5.76 Å². The molecule has 0 saturated heterocycles. The molecular formula is C16H17NO4. The Labute approximate surface area is 122 Å². The van der Waals surface area contributed by atoms with Crippen LogP contribution in [-0.2, 0) is 11.2 Å². The number of furan rings is 1. The summed E-state index contributed by atoms with van der Waals surface area (Å²) in [6, 6.07) is 11.2. The molecule has 0 bridgehead atoms. The molecular weight excluding hydrogens is 270 g/mol. The third-order valence-electron chi connectivity index (χ3n) is 3.18. The molecule has 0 spiro atoms. The Morgan fingerprint density at radius 2 is 1.81 bits per heavy atom. The minimum atomic E-state index is -1.06. The largest absolute Gasteiger partial charge is 0.480 e. The van der Waals surface area contributed by atoms with E-state index < -0.39 is 11.9 Å². The van der Waals surface area contributed by atoms with Crippen molar-refractivity contribution in [1.29, 1.82) is 0 Å². The van der Waals surface area contributed by atoms with Crippen LogP contribution >= 0.6 is 0 Å². The standard InChI is InChI=1S/C16H17NO4/c1-3-11-4-6-12(7-5-11)13-8-9-14(21-13)16(20)17(2)10-15(18)19/h4-9H,3,10H2,1-2H3,(H,18,19). The van der Waals surface area contributed by atoms with Crippen molar-refractivity contribution in [2.75, 3.05) is 13.6 Å². The van der Waals surface area contributed by atoms with Crippen LogP contribution in [0.15, 0.2) is 40.8 Å². The van der Waals surface area contributed by atoms with E-state index in [1.54, 1.807) is 12.1 Å². The van der Waals surface area contributed by atoms with Crippen LogP contribution in [0.1, 0.15) is 23.0 Å². The Morgan fingerprint density at radius 1 is 1.14 bits per heavy atom. The van der Waals surface area contributed by atoms with E-state index in [-0.39, 0.29) is 12.3 Å². The lowest BCUT2D eigenvalue weighted by Crippen LogP contribution is -2.31. The number of aryl methyl sites for hydroxylation is 1. The zero-order chi connectivity index (χ0) is 15.4. The molecule has 0 fully saturated rings. The quantitative estimate of drug-likeness (QED) is 0.917. The number of aliphatic carboxylic acids is 1. The number of carbonyl (C=O) groups is 2. The Bertz CT molecular complexity index is 643. The number of nitrogens with zero attached hydrogens (tertiary/aromatic N) is 1. The second-order valence-corrected chi connectivity index (χ2v) is 4.77. The van der Waals surface area contributed by atoms with Gasteiger partial charge in [-0.1, -0.05) is 31.2 Å². The van der Waals surface area contributed by atoms with E-state index in [2.05, 4.69) is 6.92 Å². The van der Waals surface area contributed by atoms with Gasteiger partial charge in [0.2, 0.25) is 0 Å². The topological polar surface area (TPSA) is 70.8 Å². The van der Waals surface area contributed by atoms with Gasteiger partial charge >= 0.3 is 5.97 Å². The lowest BCUT2D eigenvalue weighted by atomic mass is 10.1. The van der Waals surface area contributed by atoms with E-state index in [4.69, 9.17) is 9.52 Å². The molecule has 5 nitrogen and oxygen atoms in total. The number of carbonyl (C=O) groups excluding carboxylic acids is 1. The van der Waals surface area contributed by atoms with Crippen LogP contribution in [0.3, 0.4) is 0 Å². The van der Waals surface area contributed by atoms with Gasteiger partial charge in [0, 0.05) is 12.6 Å². The van der Waals surface area contributed by atoms with E-state index in [0.717, 1.165) is 16.9 Å². The van der Waals surface area contributed by atoms with Crippen LogP contribution in [0.25, 0.3) is 11.3 Å². The summed E-state index contributed by atoms with van der Waals surface area (Å²) in [4.78, 5) is 23.7. The highest BCUT2D eigenvalue weighted by Crippen LogP contribution is 2.23. The molecule has 2 rings (SSSR count). The number of rotatable bonds is 5. The molecule has 1 N–H and O–H groups in total. The summed E-state index contributed by atoms with van der Waals surface area (Å²) in [5, 5.41) is 8.69. The molecule has 0 atom stereocenters. The summed E-state index contributed by atoms with van der Waals surface area (Å²) in [6.07, 6.45) is 0.960. The van der Waals surface area contributed by atoms with Gasteiger partial charge in [0.25, 0.3) is 5.91 Å². The molecule has 0 aliphatic rings. The lowest BCUT2D eigenvalue weighted by Gasteiger charge is -2.12. The second kappa shape index (κ2) is 6.26. The van der Waals surface area contributed by atoms with E-state index in [9.17, 15) is 9.59 Å². The van der Waals surface area contributed by atoms with Crippen molar-refractivity contribution < 1.29 is 19.1 Å². The summed E-state index contributed by atoms with van der Waals surface area (Å²) in [5.74, 6) is -0.792. The number of amides is 1. The molecule has 0 saturated carbocycles. The van der Waals surface area contributed by atoms with Crippen LogP contribution in [0.5, 0.6) is 0 Å². The van der Waals surface area contributed by atoms with Crippen LogP contribution in [0.4, 0.5) is 0 Å². The average Bonchev–Trinajstić information content (AvgIpc) is 2.95. The first-order chi connectivity index (χ1) is 10.0. The number of hydrogen-bond donors (Lipinski definition) is 1. The van der Waals surface area contributed by atoms with Gasteiger partial charge in [-0.15, -0.1) is 0 Å². The zero-order valence-electron chi connectivity index (χ0n) is 12.0. The first kappa shape index (κ1) is 14.8. The fourth-order valence-electron chi connectivity index (χ4n) is 1.98. The first-order valence-corrected chi connectivity index (χ1v) is 6.67. The number of likely N-dealkylation sites (N-methyl/N-ethyl adjacent to an activating group) is 1. The minimum absolute atomic E-state index is 0.133. The van der Waals surface area contributed by atoms with Gasteiger partial charge in [-0.05, 0) is 24.1 Å². The molecule has 0 radical (unpaired) electrons. The highest BCUT2D eigenvalue weighted by atomic mass is 16.4. The van der Waals surface area contributed by atoms with Gasteiger partial charge < -0.3 is 14.4 Å². The summed E-state index contributed by atoms with van der Waals surface area (Å²) >= 11 is 0. The monoisotopic (exact) mass is 287 g/mol. The molecule has 0 unspecified atom stereocenters. The fourth-order valence-corrected chi connectivity index (χ4v) is 1.98. The van der Waals surface area contributed by atoms with Gasteiger partial charge in [0.15, 0.2) is 5.76 Å². The van der Waals surface area contributed by atoms with Crippen molar-refractivity contribution >= 4 is 11.9 Å². The Kier molecular flexibility index (Phi) is 4.42. The van der Waals surface area contributed by atoms with E-state index in [1.165, 1.54) is 12.6 Å². The fraction of sp³-hybridized carbons (Fsp3) is 0.250. The van der Waals surface area contributed by atoms with Gasteiger partial charge in [-0.25, -0.2) is 0 Å². The number of benzene rings is 1. The highest BCUT2D eigenvalue weighted by Gasteiger charge is 2.18. The van der Waals surface area contributed by atoms with Gasteiger partial charge in [0.1, 0.15) is 12.3 Å². The maximum Gasteiger partial charge on any atom is 0.323 e. The second-order valence-electron chi connectivity index (χ2n) is 4.77. The smallest absolute Gasteiger partial charge is 0.323 e. The summed E-state index contributed by atoms with van der Waals surface area (Å²) < 4.78 is 5.52. The van der Waals surface area contributed by atoms with Crippen molar-refractivity contribution in [1.82, 2.24) is 4.90 Å². The average molecular weight is 287 g/mol. The minimum Gasteiger partial charge on any atom is -0.480 e. The molecule has 0 aliphatic carbocycles. The Morgan fingerprint density at radius 3 is 2.38 bits per heavy atom. The Hall–Kier alpha value is -2.56. The van der Waals surface area contributed by atoms with Crippen molar-refractivity contribution in [3.05, 3.63) is 47.7 Å². The summed E-state index contributed by atoms with van der Waals surface area (Å²) in [5.41, 5.74) is 2.11. The molecule has 2 aromatic rings. The van der Waals surface area contributed by atoms with Gasteiger partial charge in [0.05, 0.1) is 0 Å². The highest BCUT2D eigenvalue weighted by molar-refractivity contribution is 5.93. The molecule has 1 heterocycles. The summed E-state index contributed by atoms with van der Waals surface area (Å²) in [7, 11) is 1.43. The Balaban J connectivity index is 2.16. The zero-order valence-corrected chi connectivity index (χ0v) is 12.0. The molecule has 1 aromatic carbocycles. The van der Waals surface area contributed by atoms with Crippen molar-refractivity contribution in [2.24, 2.45) is 0 Å². The normalized spacial score (nSPS) is 10.4. The lowest BCUT2D eigenvalue weighted by molar-refractivity contribution is -0.137. The van der Waals surface area contributed by atoms with Crippen molar-refractivity contribution in [2.45, 2.75) is 13.3 Å². The van der Waals surface area contributed by atoms with Crippen LogP contribution in [0, 0.1) is 0 Å². The summed E-state index contributed by atoms with van der Waals surface area (Å²) in [6.45, 7) is 1.72. The van der Waals surface area contributed by atoms with Crippen molar-refractivity contribution in [3.63, 3.8) is 0 Å². The first-order valence-electron chi connectivity index (χ1n) is 6.67. The van der Waals surface area contributed by atoms with Gasteiger partial charge in [-0.3, -0.25) is 9.59 Å². The maximum absolute atomic E-state index is 12.0. The predicted molar refractivity (Wildman–Crippen MR) is 78.1 cm³/mol. The van der Waals surface area contributed by atoms with E-state index in [1.807, 2.05) is 24.3 Å². The molecule has 1 amide bonds. The molecule has 0 aliphatic heterocycles. The third kappa shape index (κ3) is 3.51. The predicted octanol–water partition coefficient (Wildman–Crippen LogP) is 2.67. The van der Waals surface area contributed by atoms with Crippen LogP contribution in [-0.4, -0.2) is 35.5 Å². The van der Waals surface area contributed by atoms with Gasteiger partial charge in [-0.2, -0.15) is 0 Å². The number of hydrogen-bond acceptors (Lipinski definition) is 3. The molecule has 1 aromatic heterocycles. The molecule has 5 heteroatoms. The number of carboxylic acid groups (broad SMARTS) is 1. The van der Waals surface area contributed by atoms with E-state index >= 15 is 0 Å². The van der Waals surface area contributed by atoms with Crippen LogP contribution < -0.4 is 0 Å². The molecule has 110 valence electrons.